The number of hydrogen-bond donors (Lipinski definition) is 1. The van der Waals surface area contributed by atoms with Crippen LogP contribution in [-0.4, -0.2) is 52.8 Å². The first-order valence-corrected chi connectivity index (χ1v) is 8.27. The van der Waals surface area contributed by atoms with Crippen LogP contribution in [0.3, 0.4) is 0 Å². The number of hydrogen-bond acceptors (Lipinski definition) is 3. The summed E-state index contributed by atoms with van der Waals surface area (Å²) < 4.78 is 0.614. The average molecular weight is 338 g/mol. The van der Waals surface area contributed by atoms with Gasteiger partial charge in [0.1, 0.15) is 0 Å². The number of carbonyl (C=O) groups excluding carboxylic acids is 2. The van der Waals surface area contributed by atoms with Crippen molar-refractivity contribution in [1.82, 2.24) is 14.8 Å². The number of piperazine rings is 1. The molecule has 2 aromatic heterocycles. The molecule has 0 bridgehead atoms. The maximum Gasteiger partial charge on any atom is 0.264 e. The Morgan fingerprint density at radius 1 is 1.14 bits per heavy atom. The second-order valence-corrected chi connectivity index (χ2v) is 6.86. The molecule has 5 nitrogen and oxygen atoms in total. The number of aromatic amines is 1. The summed E-state index contributed by atoms with van der Waals surface area (Å²) in [6.45, 7) is 2.27. The van der Waals surface area contributed by atoms with E-state index in [9.17, 15) is 9.59 Å². The zero-order valence-electron chi connectivity index (χ0n) is 11.9. The minimum Gasteiger partial charge on any atom is -0.365 e. The molecule has 0 atom stereocenters. The van der Waals surface area contributed by atoms with Crippen molar-refractivity contribution < 1.29 is 9.59 Å². The van der Waals surface area contributed by atoms with Gasteiger partial charge in [-0.15, -0.1) is 11.3 Å². The van der Waals surface area contributed by atoms with Crippen LogP contribution < -0.4 is 0 Å². The first-order valence-electron chi connectivity index (χ1n) is 7.08. The van der Waals surface area contributed by atoms with Crippen molar-refractivity contribution in [2.45, 2.75) is 6.42 Å². The summed E-state index contributed by atoms with van der Waals surface area (Å²) >= 11 is 7.16. The van der Waals surface area contributed by atoms with Crippen molar-refractivity contribution in [1.29, 1.82) is 0 Å². The predicted molar refractivity (Wildman–Crippen MR) is 86.3 cm³/mol. The Morgan fingerprint density at radius 2 is 1.86 bits per heavy atom. The van der Waals surface area contributed by atoms with Gasteiger partial charge in [-0.2, -0.15) is 0 Å². The molecule has 116 valence electrons. The van der Waals surface area contributed by atoms with Crippen LogP contribution in [0, 0.1) is 0 Å². The molecule has 2 aromatic rings. The normalized spacial score (nSPS) is 15.1. The number of carbonyl (C=O) groups is 2. The summed E-state index contributed by atoms with van der Waals surface area (Å²) in [5.41, 5.74) is 0.914. The van der Waals surface area contributed by atoms with Crippen LogP contribution in [0.25, 0.3) is 0 Å². The van der Waals surface area contributed by atoms with Gasteiger partial charge in [-0.3, -0.25) is 9.59 Å². The molecule has 1 N–H and O–H groups in total. The van der Waals surface area contributed by atoms with Crippen LogP contribution in [0.2, 0.25) is 4.34 Å². The van der Waals surface area contributed by atoms with Gasteiger partial charge in [-0.25, -0.2) is 0 Å². The third-order valence-corrected chi connectivity index (χ3v) is 4.93. The summed E-state index contributed by atoms with van der Waals surface area (Å²) in [4.78, 5) is 31.8. The van der Waals surface area contributed by atoms with Gasteiger partial charge in [0, 0.05) is 38.1 Å². The highest BCUT2D eigenvalue weighted by Crippen LogP contribution is 2.23. The lowest BCUT2D eigenvalue weighted by molar-refractivity contribution is -0.132. The monoisotopic (exact) mass is 337 g/mol. The van der Waals surface area contributed by atoms with Crippen molar-refractivity contribution in [3.63, 3.8) is 0 Å². The smallest absolute Gasteiger partial charge is 0.264 e. The van der Waals surface area contributed by atoms with E-state index in [2.05, 4.69) is 4.98 Å². The Balaban J connectivity index is 1.54. The zero-order valence-corrected chi connectivity index (χ0v) is 13.5. The summed E-state index contributed by atoms with van der Waals surface area (Å²) in [6.07, 6.45) is 2.19. The number of amides is 2. The SMILES string of the molecule is O=C(Cc1ccc[nH]1)N1CCN(C(=O)c2ccc(Cl)s2)CC1. The number of halogens is 1. The molecule has 0 aromatic carbocycles. The molecule has 1 aliphatic heterocycles. The Bertz CT molecular complexity index is 660. The molecule has 2 amide bonds. The van der Waals surface area contributed by atoms with Gasteiger partial charge in [0.05, 0.1) is 15.6 Å². The third-order valence-electron chi connectivity index (χ3n) is 3.71. The highest BCUT2D eigenvalue weighted by molar-refractivity contribution is 7.17. The summed E-state index contributed by atoms with van der Waals surface area (Å²) in [5, 5.41) is 0. The largest absolute Gasteiger partial charge is 0.365 e. The van der Waals surface area contributed by atoms with Gasteiger partial charge in [0.25, 0.3) is 5.91 Å². The van der Waals surface area contributed by atoms with Crippen LogP contribution in [0.1, 0.15) is 15.4 Å². The second-order valence-electron chi connectivity index (χ2n) is 5.15. The lowest BCUT2D eigenvalue weighted by Gasteiger charge is -2.34. The van der Waals surface area contributed by atoms with Gasteiger partial charge in [0.15, 0.2) is 0 Å². The van der Waals surface area contributed by atoms with E-state index in [4.69, 9.17) is 11.6 Å². The zero-order chi connectivity index (χ0) is 15.5. The number of thiophene rings is 1. The van der Waals surface area contributed by atoms with Crippen molar-refractivity contribution >= 4 is 34.8 Å². The second kappa shape index (κ2) is 6.54. The highest BCUT2D eigenvalue weighted by Gasteiger charge is 2.25. The molecule has 1 fully saturated rings. The number of rotatable bonds is 3. The van der Waals surface area contributed by atoms with Gasteiger partial charge >= 0.3 is 0 Å². The quantitative estimate of drug-likeness (QED) is 0.934. The minimum atomic E-state index is -0.00614. The molecular weight excluding hydrogens is 322 g/mol. The first-order chi connectivity index (χ1) is 10.6. The number of nitrogens with one attached hydrogen (secondary N) is 1. The highest BCUT2D eigenvalue weighted by atomic mass is 35.5. The first kappa shape index (κ1) is 15.1. The minimum absolute atomic E-state index is 0.00614. The van der Waals surface area contributed by atoms with Crippen molar-refractivity contribution in [3.8, 4) is 0 Å². The number of H-pyrrole nitrogens is 1. The molecule has 22 heavy (non-hydrogen) atoms. The molecule has 7 heteroatoms. The topological polar surface area (TPSA) is 56.4 Å². The molecule has 0 unspecified atom stereocenters. The van der Waals surface area contributed by atoms with E-state index >= 15 is 0 Å². The van der Waals surface area contributed by atoms with Crippen LogP contribution >= 0.6 is 22.9 Å². The Morgan fingerprint density at radius 3 is 2.45 bits per heavy atom. The number of aromatic nitrogens is 1. The maximum atomic E-state index is 12.3. The molecule has 0 aliphatic carbocycles. The Kier molecular flexibility index (Phi) is 4.49. The lowest BCUT2D eigenvalue weighted by atomic mass is 10.2. The maximum absolute atomic E-state index is 12.3. The van der Waals surface area contributed by atoms with Crippen LogP contribution in [0.5, 0.6) is 0 Å². The van der Waals surface area contributed by atoms with Gasteiger partial charge in [0.2, 0.25) is 5.91 Å². The standard InChI is InChI=1S/C15H16ClN3O2S/c16-13-4-3-12(22-13)15(21)19-8-6-18(7-9-19)14(20)10-11-2-1-5-17-11/h1-5,17H,6-10H2. The van der Waals surface area contributed by atoms with E-state index in [1.54, 1.807) is 17.0 Å². The molecule has 0 radical (unpaired) electrons. The van der Waals surface area contributed by atoms with Crippen molar-refractivity contribution in [2.24, 2.45) is 0 Å². The molecule has 3 heterocycles. The van der Waals surface area contributed by atoms with Crippen LogP contribution in [-0.2, 0) is 11.2 Å². The Labute approximate surface area is 137 Å². The fourth-order valence-electron chi connectivity index (χ4n) is 2.50. The molecule has 1 saturated heterocycles. The summed E-state index contributed by atoms with van der Waals surface area (Å²) in [7, 11) is 0. The fourth-order valence-corrected chi connectivity index (χ4v) is 3.51. The van der Waals surface area contributed by atoms with E-state index < -0.39 is 0 Å². The van der Waals surface area contributed by atoms with E-state index in [0.717, 1.165) is 5.69 Å². The van der Waals surface area contributed by atoms with Crippen molar-refractivity contribution in [2.75, 3.05) is 26.2 Å². The van der Waals surface area contributed by atoms with Gasteiger partial charge < -0.3 is 14.8 Å². The molecule has 0 saturated carbocycles. The van der Waals surface area contributed by atoms with E-state index in [0.29, 0.717) is 41.8 Å². The van der Waals surface area contributed by atoms with Crippen LogP contribution in [0.15, 0.2) is 30.5 Å². The van der Waals surface area contributed by atoms with Crippen LogP contribution in [0.4, 0.5) is 0 Å². The van der Waals surface area contributed by atoms with E-state index in [-0.39, 0.29) is 11.8 Å². The molecule has 0 spiro atoms. The molecule has 1 aliphatic rings. The van der Waals surface area contributed by atoms with E-state index in [1.165, 1.54) is 11.3 Å². The van der Waals surface area contributed by atoms with Gasteiger partial charge in [-0.05, 0) is 24.3 Å². The van der Waals surface area contributed by atoms with Gasteiger partial charge in [-0.1, -0.05) is 11.6 Å². The predicted octanol–water partition coefficient (Wildman–Crippen LogP) is 2.26. The number of nitrogens with zero attached hydrogens (tertiary/aromatic N) is 2. The average Bonchev–Trinajstić information content (AvgIpc) is 3.18. The fraction of sp³-hybridized carbons (Fsp3) is 0.333. The summed E-state index contributed by atoms with van der Waals surface area (Å²) in [6, 6.07) is 7.26. The summed E-state index contributed by atoms with van der Waals surface area (Å²) in [5.74, 6) is 0.0853. The molecular formula is C15H16ClN3O2S. The molecule has 3 rings (SSSR count). The Hall–Kier alpha value is -1.79. The van der Waals surface area contributed by atoms with E-state index in [1.807, 2.05) is 23.2 Å². The lowest BCUT2D eigenvalue weighted by Crippen LogP contribution is -2.50. The van der Waals surface area contributed by atoms with Crippen molar-refractivity contribution in [3.05, 3.63) is 45.4 Å². The third kappa shape index (κ3) is 3.34.